The molecule has 7 heteroatoms. The van der Waals surface area contributed by atoms with Gasteiger partial charge in [0.2, 0.25) is 6.67 Å². The summed E-state index contributed by atoms with van der Waals surface area (Å²) in [6.07, 6.45) is 0. The summed E-state index contributed by atoms with van der Waals surface area (Å²) in [4.78, 5) is 16.1. The summed E-state index contributed by atoms with van der Waals surface area (Å²) >= 11 is -1.91. The number of hydrogen-bond acceptors (Lipinski definition) is 4. The van der Waals surface area contributed by atoms with Crippen molar-refractivity contribution in [2.75, 3.05) is 29.5 Å². The quantitative estimate of drug-likeness (QED) is 0.211. The SMILES string of the molecule is CCOC(=O)c1ccccc1[CH]=[Ru]([Cl])[Cl].Cc1cc(C)c(N2[C]N(c3c(C)cc(C)cc3C)CC2)c(C)c1. The van der Waals surface area contributed by atoms with Crippen LogP contribution in [-0.4, -0.2) is 30.3 Å². The Balaban J connectivity index is 0.000000232. The number of nitrogens with zero attached hydrogens (tertiary/aromatic N) is 2. The molecule has 38 heavy (non-hydrogen) atoms. The number of hydrogen-bond donors (Lipinski definition) is 0. The topological polar surface area (TPSA) is 32.8 Å². The van der Waals surface area contributed by atoms with Gasteiger partial charge in [-0.25, -0.2) is 0 Å². The molecule has 204 valence electrons. The summed E-state index contributed by atoms with van der Waals surface area (Å²) < 4.78 is 6.66. The van der Waals surface area contributed by atoms with Gasteiger partial charge < -0.3 is 9.80 Å². The molecule has 4 rings (SSSR count). The second-order valence-electron chi connectivity index (χ2n) is 9.51. The molecule has 0 atom stereocenters. The van der Waals surface area contributed by atoms with Gasteiger partial charge in [0.1, 0.15) is 0 Å². The minimum atomic E-state index is -1.91. The maximum Gasteiger partial charge on any atom is 0.208 e. The number of aryl methyl sites for hydroxylation is 6. The molecule has 0 saturated carbocycles. The zero-order chi connectivity index (χ0) is 28.0. The third-order valence-corrected chi connectivity index (χ3v) is 8.08. The van der Waals surface area contributed by atoms with Gasteiger partial charge >= 0.3 is 102 Å². The molecular formula is C31H36Cl2N2O2Ru. The molecular weight excluding hydrogens is 604 g/mol. The average Bonchev–Trinajstić information content (AvgIpc) is 3.27. The summed E-state index contributed by atoms with van der Waals surface area (Å²) in [6, 6.07) is 16.2. The normalized spacial score (nSPS) is 13.1. The van der Waals surface area contributed by atoms with Gasteiger partial charge in [0.25, 0.3) is 0 Å². The first-order valence-corrected chi connectivity index (χ1v) is 18.1. The third-order valence-electron chi connectivity index (χ3n) is 6.24. The number of carbonyl (C=O) groups is 1. The van der Waals surface area contributed by atoms with Crippen LogP contribution in [0.15, 0.2) is 48.5 Å². The Labute approximate surface area is 241 Å². The smallest absolute Gasteiger partial charge is 0.208 e. The fraction of sp³-hybridized carbons (Fsp3) is 0.323. The first kappa shape index (κ1) is 30.3. The molecule has 1 saturated heterocycles. The first-order valence-electron chi connectivity index (χ1n) is 12.6. The molecule has 4 nitrogen and oxygen atoms in total. The third kappa shape index (κ3) is 7.68. The molecule has 1 fully saturated rings. The van der Waals surface area contributed by atoms with E-state index in [1.54, 1.807) is 29.7 Å². The van der Waals surface area contributed by atoms with E-state index in [0.29, 0.717) is 12.2 Å². The van der Waals surface area contributed by atoms with Gasteiger partial charge in [0.05, 0.1) is 0 Å². The molecule has 3 aromatic rings. The van der Waals surface area contributed by atoms with E-state index >= 15 is 0 Å². The van der Waals surface area contributed by atoms with Crippen LogP contribution >= 0.6 is 19.4 Å². The van der Waals surface area contributed by atoms with Gasteiger partial charge in [0, 0.05) is 24.5 Å². The summed E-state index contributed by atoms with van der Waals surface area (Å²) in [5.74, 6) is -0.340. The molecule has 1 aliphatic rings. The van der Waals surface area contributed by atoms with Gasteiger partial charge in [-0.15, -0.1) is 0 Å². The summed E-state index contributed by atoms with van der Waals surface area (Å²) in [5.41, 5.74) is 11.8. The van der Waals surface area contributed by atoms with E-state index in [1.807, 2.05) is 6.07 Å². The van der Waals surface area contributed by atoms with Crippen molar-refractivity contribution < 1.29 is 23.0 Å². The molecule has 0 aliphatic carbocycles. The van der Waals surface area contributed by atoms with E-state index in [1.165, 1.54) is 44.8 Å². The van der Waals surface area contributed by atoms with E-state index in [0.717, 1.165) is 18.7 Å². The second-order valence-corrected chi connectivity index (χ2v) is 15.2. The molecule has 3 aromatic carbocycles. The van der Waals surface area contributed by atoms with Crippen molar-refractivity contribution >= 4 is 41.3 Å². The standard InChI is InChI=1S/C21H26N2.C10H10O2.2ClH.Ru/c1-14-9-16(3)20(17(4)10-14)22-7-8-23(13-22)21-18(5)11-15(2)12-19(21)6;1-3-12-10(11)9-7-5-4-6-8(9)2;;;/h9-12H,7-8H2,1-6H3;2,4-7H,3H2,1H3;2*1H;/q;;;;+2/p-2. The van der Waals surface area contributed by atoms with Crippen LogP contribution in [0.4, 0.5) is 11.4 Å². The zero-order valence-corrected chi connectivity index (χ0v) is 26.4. The fourth-order valence-corrected chi connectivity index (χ4v) is 6.86. The molecule has 0 aromatic heterocycles. The first-order chi connectivity index (χ1) is 18.0. The molecule has 0 unspecified atom stereocenters. The Kier molecular flexibility index (Phi) is 11.0. The molecule has 1 heterocycles. The average molecular weight is 641 g/mol. The van der Waals surface area contributed by atoms with Crippen LogP contribution in [0, 0.1) is 48.2 Å². The van der Waals surface area contributed by atoms with Crippen LogP contribution < -0.4 is 9.80 Å². The number of carbonyl (C=O) groups excluding carboxylic acids is 1. The van der Waals surface area contributed by atoms with Crippen molar-refractivity contribution in [1.29, 1.82) is 0 Å². The van der Waals surface area contributed by atoms with Gasteiger partial charge in [-0.05, 0) is 63.8 Å². The number of rotatable bonds is 5. The van der Waals surface area contributed by atoms with Gasteiger partial charge in [-0.2, -0.15) is 0 Å². The van der Waals surface area contributed by atoms with E-state index in [-0.39, 0.29) is 5.97 Å². The van der Waals surface area contributed by atoms with Crippen LogP contribution in [-0.2, 0) is 18.3 Å². The monoisotopic (exact) mass is 640 g/mol. The number of anilines is 2. The fourth-order valence-electron chi connectivity index (χ4n) is 5.03. The van der Waals surface area contributed by atoms with Crippen molar-refractivity contribution in [3.63, 3.8) is 0 Å². The summed E-state index contributed by atoms with van der Waals surface area (Å²) in [7, 11) is 11.5. The zero-order valence-electron chi connectivity index (χ0n) is 23.1. The maximum absolute atomic E-state index is 11.5. The van der Waals surface area contributed by atoms with Crippen molar-refractivity contribution in [3.05, 3.63) is 99.7 Å². The number of esters is 1. The number of halogens is 2. The predicted molar refractivity (Wildman–Crippen MR) is 159 cm³/mol. The predicted octanol–water partition coefficient (Wildman–Crippen LogP) is 7.80. The molecule has 0 bridgehead atoms. The maximum atomic E-state index is 11.5. The van der Waals surface area contributed by atoms with E-state index in [9.17, 15) is 4.79 Å². The summed E-state index contributed by atoms with van der Waals surface area (Å²) in [5, 5.41) is 0. The van der Waals surface area contributed by atoms with E-state index < -0.39 is 13.5 Å². The Morgan fingerprint density at radius 2 is 1.32 bits per heavy atom. The molecule has 0 N–H and O–H groups in total. The number of benzene rings is 3. The number of ether oxygens (including phenoxy) is 1. The largest absolute Gasteiger partial charge is 0.339 e. The minimum Gasteiger partial charge on any atom is -0.339 e. The molecule has 0 spiro atoms. The van der Waals surface area contributed by atoms with Crippen LogP contribution in [0.2, 0.25) is 0 Å². The van der Waals surface area contributed by atoms with Crippen LogP contribution in [0.1, 0.15) is 56.2 Å². The van der Waals surface area contributed by atoms with Crippen LogP contribution in [0.5, 0.6) is 0 Å². The van der Waals surface area contributed by atoms with Gasteiger partial charge in [0.15, 0.2) is 0 Å². The Morgan fingerprint density at radius 3 is 1.74 bits per heavy atom. The van der Waals surface area contributed by atoms with Gasteiger partial charge in [-0.1, -0.05) is 35.4 Å². The van der Waals surface area contributed by atoms with E-state index in [2.05, 4.69) is 82.3 Å². The van der Waals surface area contributed by atoms with Crippen LogP contribution in [0.25, 0.3) is 0 Å². The Bertz CT molecular complexity index is 1230. The molecule has 2 radical (unpaired) electrons. The minimum absolute atomic E-state index is 0.340. The Hall–Kier alpha value is -2.20. The van der Waals surface area contributed by atoms with Crippen molar-refractivity contribution in [3.8, 4) is 0 Å². The Morgan fingerprint density at radius 1 is 0.868 bits per heavy atom. The van der Waals surface area contributed by atoms with Crippen molar-refractivity contribution in [2.24, 2.45) is 0 Å². The van der Waals surface area contributed by atoms with E-state index in [4.69, 9.17) is 24.1 Å². The van der Waals surface area contributed by atoms with Crippen molar-refractivity contribution in [2.45, 2.75) is 48.5 Å². The van der Waals surface area contributed by atoms with Gasteiger partial charge in [-0.3, -0.25) is 0 Å². The second kappa shape index (κ2) is 13.7. The molecule has 1 aliphatic heterocycles. The summed E-state index contributed by atoms with van der Waals surface area (Å²) in [6.45, 7) is 20.8. The van der Waals surface area contributed by atoms with Crippen LogP contribution in [0.3, 0.4) is 0 Å². The molecule has 0 amide bonds. The van der Waals surface area contributed by atoms with Crippen molar-refractivity contribution in [1.82, 2.24) is 0 Å².